The maximum Gasteiger partial charge on any atom is 0.293 e. The Morgan fingerprint density at radius 2 is 1.73 bits per heavy atom. The topological polar surface area (TPSA) is 193 Å². The summed E-state index contributed by atoms with van der Waals surface area (Å²) in [6.07, 6.45) is 7.99. The van der Waals surface area contributed by atoms with Crippen LogP contribution in [0.5, 0.6) is 11.5 Å². The van der Waals surface area contributed by atoms with E-state index in [1.807, 2.05) is 19.1 Å². The average Bonchev–Trinajstić information content (AvgIpc) is 3.25. The summed E-state index contributed by atoms with van der Waals surface area (Å²) in [7, 11) is -4.60. The minimum Gasteiger partial charge on any atom is -0.455 e. The van der Waals surface area contributed by atoms with E-state index in [0.717, 1.165) is 68.5 Å². The number of pyridine rings is 1. The van der Waals surface area contributed by atoms with Crippen molar-refractivity contribution in [2.45, 2.75) is 82.6 Å². The number of halogens is 2. The average molecular weight is 921 g/mol. The number of aromatic nitrogens is 1. The highest BCUT2D eigenvalue weighted by molar-refractivity contribution is 7.90. The minimum atomic E-state index is -4.60. The number of ether oxygens (including phenoxy) is 1. The number of sulfonamides is 1. The number of aliphatic hydroxyl groups is 1. The summed E-state index contributed by atoms with van der Waals surface area (Å²) in [6, 6.07) is 17.9. The predicted molar refractivity (Wildman–Crippen MR) is 248 cm³/mol. The van der Waals surface area contributed by atoms with Crippen molar-refractivity contribution in [3.63, 3.8) is 0 Å². The Hall–Kier alpha value is -4.93. The van der Waals surface area contributed by atoms with Gasteiger partial charge in [0, 0.05) is 68.2 Å². The smallest absolute Gasteiger partial charge is 0.293 e. The first kappa shape index (κ1) is 46.1. The normalized spacial score (nSPS) is 20.6. The van der Waals surface area contributed by atoms with E-state index in [1.54, 1.807) is 12.1 Å². The Bertz CT molecular complexity index is 2480. The van der Waals surface area contributed by atoms with Gasteiger partial charge in [0.25, 0.3) is 21.6 Å². The van der Waals surface area contributed by atoms with E-state index in [1.165, 1.54) is 47.2 Å². The van der Waals surface area contributed by atoms with Crippen LogP contribution in [0.3, 0.4) is 0 Å². The second-order valence-corrected chi connectivity index (χ2v) is 20.3. The van der Waals surface area contributed by atoms with Gasteiger partial charge in [-0.15, -0.1) is 0 Å². The fraction of sp³-hybridized carbons (Fsp3) is 0.435. The van der Waals surface area contributed by atoms with E-state index in [4.69, 9.17) is 33.7 Å². The summed E-state index contributed by atoms with van der Waals surface area (Å²) in [5.41, 5.74) is 9.78. The number of nitrogens with zero attached hydrogens (tertiary/aromatic N) is 4. The number of piperazine rings is 1. The molecule has 17 heteroatoms. The highest BCUT2D eigenvalue weighted by Crippen LogP contribution is 2.44. The van der Waals surface area contributed by atoms with E-state index in [0.29, 0.717) is 38.9 Å². The number of rotatable bonds is 14. The van der Waals surface area contributed by atoms with E-state index in [9.17, 15) is 28.4 Å². The Labute approximate surface area is 379 Å². The van der Waals surface area contributed by atoms with E-state index in [-0.39, 0.29) is 44.9 Å². The van der Waals surface area contributed by atoms with Crippen LogP contribution in [0.2, 0.25) is 10.0 Å². The van der Waals surface area contributed by atoms with Crippen LogP contribution in [-0.2, 0) is 10.0 Å². The number of hydrogen-bond acceptors (Lipinski definition) is 12. The molecule has 1 aliphatic heterocycles. The summed E-state index contributed by atoms with van der Waals surface area (Å²) >= 11 is 12.5. The zero-order chi connectivity index (χ0) is 45.1. The molecule has 14 nitrogen and oxygen atoms in total. The molecule has 2 aliphatic carbocycles. The lowest BCUT2D eigenvalue weighted by Crippen LogP contribution is -2.47. The van der Waals surface area contributed by atoms with Crippen molar-refractivity contribution >= 4 is 67.6 Å². The molecule has 0 atom stereocenters. The highest BCUT2D eigenvalue weighted by Gasteiger charge is 2.33. The molecule has 3 aliphatic rings. The molecule has 1 aromatic heterocycles. The lowest BCUT2D eigenvalue weighted by molar-refractivity contribution is -0.384. The van der Waals surface area contributed by atoms with Crippen molar-refractivity contribution in [3.8, 4) is 11.5 Å². The fourth-order valence-electron chi connectivity index (χ4n) is 8.73. The SMILES string of the molecule is CC[C@]1(O)CC[C@H](CNc2ccc(S(=O)(=O)NC(=O)c3ccc(N4CCN(CC5=C(c6ccc(Cl)cc6)CC(C)(C)CC5)CC4)cc3Oc3cnc(N)c(Cl)c3)cc2[N+](=O)[O-])CC1. The first-order valence-corrected chi connectivity index (χ1v) is 23.6. The molecule has 336 valence electrons. The number of hydrogen-bond donors (Lipinski definition) is 4. The molecule has 0 spiro atoms. The number of carbonyl (C=O) groups is 1. The number of nitro benzene ring substituents is 1. The molecule has 1 saturated carbocycles. The fourth-order valence-corrected chi connectivity index (χ4v) is 10.0. The van der Waals surface area contributed by atoms with Crippen molar-refractivity contribution < 1.29 is 28.0 Å². The van der Waals surface area contributed by atoms with Gasteiger partial charge in [0.1, 0.15) is 23.0 Å². The largest absolute Gasteiger partial charge is 0.455 e. The molecule has 1 amide bonds. The van der Waals surface area contributed by atoms with Gasteiger partial charge >= 0.3 is 0 Å². The third-order valence-electron chi connectivity index (χ3n) is 12.8. The number of allylic oxidation sites excluding steroid dienone is 1. The summed E-state index contributed by atoms with van der Waals surface area (Å²) in [4.78, 5) is 33.6. The number of nitrogens with one attached hydrogen (secondary N) is 2. The third-order valence-corrected chi connectivity index (χ3v) is 14.7. The molecule has 5 N–H and O–H groups in total. The van der Waals surface area contributed by atoms with E-state index >= 15 is 0 Å². The van der Waals surface area contributed by atoms with E-state index < -0.39 is 37.0 Å². The van der Waals surface area contributed by atoms with E-state index in [2.05, 4.69) is 50.8 Å². The Kier molecular flexibility index (Phi) is 13.9. The van der Waals surface area contributed by atoms with Gasteiger partial charge in [0.2, 0.25) is 0 Å². The Morgan fingerprint density at radius 3 is 2.40 bits per heavy atom. The van der Waals surface area contributed by atoms with Crippen LogP contribution in [0.15, 0.2) is 83.4 Å². The number of nitrogens with two attached hydrogens (primary N) is 1. The monoisotopic (exact) mass is 919 g/mol. The molecular formula is C46H55Cl2N7O7S. The maximum absolute atomic E-state index is 13.9. The van der Waals surface area contributed by atoms with Crippen molar-refractivity contribution in [1.82, 2.24) is 14.6 Å². The van der Waals surface area contributed by atoms with Crippen LogP contribution >= 0.6 is 23.2 Å². The van der Waals surface area contributed by atoms with Gasteiger partial charge in [0.05, 0.1) is 32.2 Å². The number of carbonyl (C=O) groups excluding carboxylic acids is 1. The molecule has 3 aromatic carbocycles. The molecule has 7 rings (SSSR count). The van der Waals surface area contributed by atoms with Crippen molar-refractivity contribution in [3.05, 3.63) is 110 Å². The van der Waals surface area contributed by atoms with Crippen LogP contribution < -0.4 is 25.4 Å². The maximum atomic E-state index is 13.9. The summed E-state index contributed by atoms with van der Waals surface area (Å²) in [6.45, 7) is 10.9. The molecule has 2 heterocycles. The molecular weight excluding hydrogens is 866 g/mol. The summed E-state index contributed by atoms with van der Waals surface area (Å²) in [5, 5.41) is 26.7. The third kappa shape index (κ3) is 11.2. The van der Waals surface area contributed by atoms with Crippen LogP contribution in [0.25, 0.3) is 5.57 Å². The number of nitrogen functional groups attached to an aromatic ring is 1. The molecule has 2 fully saturated rings. The van der Waals surface area contributed by atoms with Crippen LogP contribution in [0.4, 0.5) is 22.9 Å². The predicted octanol–water partition coefficient (Wildman–Crippen LogP) is 9.32. The Morgan fingerprint density at radius 1 is 1.02 bits per heavy atom. The van der Waals surface area contributed by atoms with Crippen molar-refractivity contribution in [1.29, 1.82) is 0 Å². The lowest BCUT2D eigenvalue weighted by Gasteiger charge is -2.39. The number of anilines is 3. The van der Waals surface area contributed by atoms with Gasteiger partial charge in [-0.2, -0.15) is 0 Å². The molecule has 4 aromatic rings. The summed E-state index contributed by atoms with van der Waals surface area (Å²) in [5.74, 6) is -0.522. The number of benzene rings is 3. The molecule has 0 unspecified atom stereocenters. The summed E-state index contributed by atoms with van der Waals surface area (Å²) < 4.78 is 35.6. The highest BCUT2D eigenvalue weighted by atomic mass is 35.5. The first-order valence-electron chi connectivity index (χ1n) is 21.4. The number of nitro groups is 1. The molecule has 0 bridgehead atoms. The molecule has 63 heavy (non-hydrogen) atoms. The van der Waals surface area contributed by atoms with Crippen LogP contribution in [0, 0.1) is 21.4 Å². The van der Waals surface area contributed by atoms with Gasteiger partial charge in [-0.1, -0.05) is 61.7 Å². The molecule has 0 radical (unpaired) electrons. The number of amides is 1. The zero-order valence-corrected chi connectivity index (χ0v) is 38.2. The first-order chi connectivity index (χ1) is 29.9. The van der Waals surface area contributed by atoms with Crippen molar-refractivity contribution in [2.24, 2.45) is 11.3 Å². The lowest BCUT2D eigenvalue weighted by atomic mass is 9.72. The van der Waals surface area contributed by atoms with Crippen LogP contribution in [-0.4, -0.2) is 79.1 Å². The molecule has 1 saturated heterocycles. The zero-order valence-electron chi connectivity index (χ0n) is 35.8. The van der Waals surface area contributed by atoms with Gasteiger partial charge in [-0.25, -0.2) is 18.1 Å². The quantitative estimate of drug-likeness (QED) is 0.0693. The minimum absolute atomic E-state index is 0.0402. The van der Waals surface area contributed by atoms with Gasteiger partial charge in [0.15, 0.2) is 0 Å². The second-order valence-electron chi connectivity index (χ2n) is 17.8. The second kappa shape index (κ2) is 19.0. The van der Waals surface area contributed by atoms with Gasteiger partial charge in [-0.3, -0.25) is 19.8 Å². The van der Waals surface area contributed by atoms with Gasteiger partial charge < -0.3 is 25.8 Å². The van der Waals surface area contributed by atoms with Crippen molar-refractivity contribution in [2.75, 3.05) is 55.2 Å². The standard InChI is InChI=1S/C46H55Cl2N7O7S/c1-4-46(57)17-13-30(14-18-46)27-50-40-12-10-36(25-41(40)55(58)59)63(60,61)52-44(56)37-11-9-34(23-42(37)62-35-24-39(48)43(49)51-28-35)54-21-19-53(20-22-54)29-32-15-16-45(2,3)26-38(32)31-5-7-33(47)8-6-31/h5-12,23-25,28,30,50,57H,4,13-22,26-27,29H2,1-3H3,(H2,49,51)(H,52,56)/t30-,46-. The Balaban J connectivity index is 1.07. The van der Waals surface area contributed by atoms with Gasteiger partial charge in [-0.05, 0) is 110 Å². The van der Waals surface area contributed by atoms with Crippen LogP contribution in [0.1, 0.15) is 88.1 Å².